The van der Waals surface area contributed by atoms with Gasteiger partial charge in [-0.05, 0) is 31.4 Å². The van der Waals surface area contributed by atoms with Crippen molar-refractivity contribution in [1.29, 1.82) is 0 Å². The molecule has 1 aromatic rings. The molecule has 0 amide bonds. The lowest BCUT2D eigenvalue weighted by Gasteiger charge is -1.95. The molecular formula is C19H20Cl2. The topological polar surface area (TPSA) is 0 Å². The Hall–Kier alpha value is -1.34. The molecule has 0 saturated carbocycles. The third kappa shape index (κ3) is 8.52. The molecule has 0 nitrogen and oxygen atoms in total. The second kappa shape index (κ2) is 11.3. The van der Waals surface area contributed by atoms with Crippen molar-refractivity contribution in [2.75, 3.05) is 11.8 Å². The van der Waals surface area contributed by atoms with Gasteiger partial charge in [0.2, 0.25) is 0 Å². The molecule has 0 N–H and O–H groups in total. The summed E-state index contributed by atoms with van der Waals surface area (Å²) in [6, 6.07) is 8.34. The fourth-order valence-electron chi connectivity index (χ4n) is 1.56. The predicted molar refractivity (Wildman–Crippen MR) is 94.6 cm³/mol. The molecule has 0 fully saturated rings. The standard InChI is InChI=1S/C19H20Cl2/c1-17-10-12-19(13-11-17)16-18(8-4-2-6-14-20)9-5-3-7-15-21/h10-13,16H,2-3,6-7,14-15H2,1H3. The zero-order chi connectivity index (χ0) is 15.3. The first-order valence-electron chi connectivity index (χ1n) is 7.14. The van der Waals surface area contributed by atoms with Crippen molar-refractivity contribution in [2.45, 2.75) is 32.6 Å². The van der Waals surface area contributed by atoms with Gasteiger partial charge in [0.05, 0.1) is 5.57 Å². The van der Waals surface area contributed by atoms with Crippen LogP contribution in [-0.2, 0) is 0 Å². The van der Waals surface area contributed by atoms with Gasteiger partial charge in [0.25, 0.3) is 0 Å². The Morgan fingerprint density at radius 1 is 0.952 bits per heavy atom. The minimum Gasteiger partial charge on any atom is -0.127 e. The van der Waals surface area contributed by atoms with E-state index in [1.165, 1.54) is 5.56 Å². The normalized spacial score (nSPS) is 9.10. The molecule has 0 atom stereocenters. The number of hydrogen-bond donors (Lipinski definition) is 0. The first-order valence-corrected chi connectivity index (χ1v) is 8.21. The Kier molecular flexibility index (Phi) is 9.56. The van der Waals surface area contributed by atoms with Crippen molar-refractivity contribution in [2.24, 2.45) is 0 Å². The Morgan fingerprint density at radius 2 is 1.48 bits per heavy atom. The Morgan fingerprint density at radius 3 is 1.95 bits per heavy atom. The molecule has 0 saturated heterocycles. The summed E-state index contributed by atoms with van der Waals surface area (Å²) >= 11 is 11.3. The van der Waals surface area contributed by atoms with E-state index in [1.54, 1.807) is 0 Å². The second-order valence-electron chi connectivity index (χ2n) is 4.66. The largest absolute Gasteiger partial charge is 0.127 e. The molecule has 0 spiro atoms. The number of rotatable bonds is 5. The predicted octanol–water partition coefficient (Wildman–Crippen LogP) is 5.42. The van der Waals surface area contributed by atoms with Gasteiger partial charge in [-0.15, -0.1) is 23.2 Å². The molecule has 1 aromatic carbocycles. The maximum absolute atomic E-state index is 5.66. The summed E-state index contributed by atoms with van der Waals surface area (Å²) in [5.74, 6) is 13.8. The van der Waals surface area contributed by atoms with Crippen molar-refractivity contribution in [3.8, 4) is 23.7 Å². The van der Waals surface area contributed by atoms with Crippen LogP contribution >= 0.6 is 23.2 Å². The van der Waals surface area contributed by atoms with Gasteiger partial charge in [-0.3, -0.25) is 0 Å². The van der Waals surface area contributed by atoms with E-state index in [-0.39, 0.29) is 0 Å². The van der Waals surface area contributed by atoms with E-state index in [0.717, 1.165) is 36.8 Å². The highest BCUT2D eigenvalue weighted by Crippen LogP contribution is 2.08. The summed E-state index contributed by atoms with van der Waals surface area (Å²) in [5.41, 5.74) is 3.21. The zero-order valence-electron chi connectivity index (χ0n) is 12.4. The maximum Gasteiger partial charge on any atom is 0.0749 e. The fraction of sp³-hybridized carbons (Fsp3) is 0.368. The fourth-order valence-corrected chi connectivity index (χ4v) is 1.83. The summed E-state index contributed by atoms with van der Waals surface area (Å²) in [7, 11) is 0. The Labute approximate surface area is 138 Å². The van der Waals surface area contributed by atoms with E-state index in [1.807, 2.05) is 6.08 Å². The monoisotopic (exact) mass is 318 g/mol. The molecule has 0 radical (unpaired) electrons. The van der Waals surface area contributed by atoms with Crippen molar-refractivity contribution in [3.05, 3.63) is 41.0 Å². The Balaban J connectivity index is 2.84. The average Bonchev–Trinajstić information content (AvgIpc) is 2.50. The first kappa shape index (κ1) is 17.7. The van der Waals surface area contributed by atoms with Crippen LogP contribution in [0, 0.1) is 30.6 Å². The van der Waals surface area contributed by atoms with Crippen LogP contribution in [-0.4, -0.2) is 11.8 Å². The molecule has 0 aromatic heterocycles. The highest BCUT2D eigenvalue weighted by Gasteiger charge is 1.91. The summed E-state index contributed by atoms with van der Waals surface area (Å²) in [5, 5.41) is 0. The lowest BCUT2D eigenvalue weighted by Crippen LogP contribution is -1.80. The lowest BCUT2D eigenvalue weighted by atomic mass is 10.1. The number of halogens is 2. The van der Waals surface area contributed by atoms with E-state index in [2.05, 4.69) is 54.9 Å². The third-order valence-corrected chi connectivity index (χ3v) is 3.24. The van der Waals surface area contributed by atoms with Gasteiger partial charge in [0.15, 0.2) is 0 Å². The first-order chi connectivity index (χ1) is 10.3. The van der Waals surface area contributed by atoms with Gasteiger partial charge < -0.3 is 0 Å². The van der Waals surface area contributed by atoms with Gasteiger partial charge in [0, 0.05) is 24.6 Å². The maximum atomic E-state index is 5.66. The van der Waals surface area contributed by atoms with Gasteiger partial charge in [0.1, 0.15) is 0 Å². The summed E-state index contributed by atoms with van der Waals surface area (Å²) < 4.78 is 0. The molecule has 1 rings (SSSR count). The quantitative estimate of drug-likeness (QED) is 0.386. The van der Waals surface area contributed by atoms with Crippen LogP contribution in [0.5, 0.6) is 0 Å². The van der Waals surface area contributed by atoms with Crippen LogP contribution in [0.15, 0.2) is 29.8 Å². The molecule has 0 heterocycles. The molecule has 0 aliphatic carbocycles. The van der Waals surface area contributed by atoms with Gasteiger partial charge in [-0.2, -0.15) is 0 Å². The number of hydrogen-bond acceptors (Lipinski definition) is 0. The third-order valence-electron chi connectivity index (χ3n) is 2.71. The van der Waals surface area contributed by atoms with Crippen LogP contribution < -0.4 is 0 Å². The molecule has 0 bridgehead atoms. The Bertz CT molecular complexity index is 532. The summed E-state index contributed by atoms with van der Waals surface area (Å²) in [4.78, 5) is 0. The molecule has 0 unspecified atom stereocenters. The lowest BCUT2D eigenvalue weighted by molar-refractivity contribution is 0.990. The van der Waals surface area contributed by atoms with Crippen molar-refractivity contribution >= 4 is 29.3 Å². The van der Waals surface area contributed by atoms with Gasteiger partial charge in [-0.1, -0.05) is 53.5 Å². The molecule has 2 heteroatoms. The van der Waals surface area contributed by atoms with Crippen LogP contribution in [0.1, 0.15) is 36.8 Å². The van der Waals surface area contributed by atoms with Crippen LogP contribution in [0.25, 0.3) is 6.08 Å². The summed E-state index contributed by atoms with van der Waals surface area (Å²) in [6.07, 6.45) is 5.45. The van der Waals surface area contributed by atoms with E-state index >= 15 is 0 Å². The zero-order valence-corrected chi connectivity index (χ0v) is 13.9. The summed E-state index contributed by atoms with van der Waals surface area (Å²) in [6.45, 7) is 2.08. The van der Waals surface area contributed by atoms with Gasteiger partial charge >= 0.3 is 0 Å². The van der Waals surface area contributed by atoms with Gasteiger partial charge in [-0.25, -0.2) is 0 Å². The highest BCUT2D eigenvalue weighted by molar-refractivity contribution is 6.18. The number of benzene rings is 1. The minimum absolute atomic E-state index is 0.646. The number of aryl methyl sites for hydroxylation is 1. The van der Waals surface area contributed by atoms with Crippen molar-refractivity contribution < 1.29 is 0 Å². The number of alkyl halides is 2. The van der Waals surface area contributed by atoms with E-state index in [9.17, 15) is 0 Å². The molecule has 0 aliphatic heterocycles. The molecule has 0 aliphatic rings. The number of unbranched alkanes of at least 4 members (excludes halogenated alkanes) is 2. The van der Waals surface area contributed by atoms with E-state index in [0.29, 0.717) is 11.8 Å². The second-order valence-corrected chi connectivity index (χ2v) is 5.41. The van der Waals surface area contributed by atoms with Crippen LogP contribution in [0.3, 0.4) is 0 Å². The van der Waals surface area contributed by atoms with Crippen molar-refractivity contribution in [3.63, 3.8) is 0 Å². The average molecular weight is 319 g/mol. The molecule has 110 valence electrons. The molecular weight excluding hydrogens is 299 g/mol. The van der Waals surface area contributed by atoms with E-state index < -0.39 is 0 Å². The smallest absolute Gasteiger partial charge is 0.0749 e. The van der Waals surface area contributed by atoms with Crippen LogP contribution in [0.2, 0.25) is 0 Å². The highest BCUT2D eigenvalue weighted by atomic mass is 35.5. The van der Waals surface area contributed by atoms with Crippen molar-refractivity contribution in [1.82, 2.24) is 0 Å². The van der Waals surface area contributed by atoms with Crippen LogP contribution in [0.4, 0.5) is 0 Å². The number of allylic oxidation sites excluding steroid dienone is 1. The minimum atomic E-state index is 0.646. The SMILES string of the molecule is Cc1ccc(C=C(C#CCCCCl)C#CCCCCl)cc1. The van der Waals surface area contributed by atoms with E-state index in [4.69, 9.17) is 23.2 Å². The molecule has 21 heavy (non-hydrogen) atoms.